The van der Waals surface area contributed by atoms with Crippen molar-refractivity contribution in [2.45, 2.75) is 47.0 Å². The molecule has 19 heavy (non-hydrogen) atoms. The third kappa shape index (κ3) is 4.87. The van der Waals surface area contributed by atoms with Crippen LogP contribution in [0.4, 0.5) is 0 Å². The van der Waals surface area contributed by atoms with Gasteiger partial charge in [-0.15, -0.1) is 0 Å². The van der Waals surface area contributed by atoms with Crippen LogP contribution in [0.3, 0.4) is 0 Å². The van der Waals surface area contributed by atoms with Crippen LogP contribution in [0.5, 0.6) is 5.75 Å². The summed E-state index contributed by atoms with van der Waals surface area (Å²) in [6.45, 7) is 14.9. The minimum absolute atomic E-state index is 0.143. The summed E-state index contributed by atoms with van der Waals surface area (Å²) in [6.07, 6.45) is 0. The van der Waals surface area contributed by atoms with E-state index in [0.29, 0.717) is 0 Å². The van der Waals surface area contributed by atoms with E-state index in [1.807, 2.05) is 7.05 Å². The average Bonchev–Trinajstić information content (AvgIpc) is 2.26. The minimum atomic E-state index is 0.143. The maximum atomic E-state index is 5.98. The molecule has 0 bridgehead atoms. The summed E-state index contributed by atoms with van der Waals surface area (Å²) in [5.41, 5.74) is 2.90. The molecule has 0 aliphatic heterocycles. The third-order valence-electron chi connectivity index (χ3n) is 3.31. The molecule has 1 aromatic rings. The first-order valence-electron chi connectivity index (χ1n) is 7.04. The topological polar surface area (TPSA) is 21.3 Å². The second-order valence-electron chi connectivity index (χ2n) is 7.21. The maximum absolute atomic E-state index is 5.98. The summed E-state index contributed by atoms with van der Waals surface area (Å²) in [7, 11) is 1.98. The second-order valence-corrected chi connectivity index (χ2v) is 7.21. The largest absolute Gasteiger partial charge is 0.493 e. The van der Waals surface area contributed by atoms with Crippen LogP contribution in [0.1, 0.15) is 45.7 Å². The van der Waals surface area contributed by atoms with Gasteiger partial charge < -0.3 is 10.1 Å². The van der Waals surface area contributed by atoms with Gasteiger partial charge in [0.1, 0.15) is 5.75 Å². The Labute approximate surface area is 118 Å². The van der Waals surface area contributed by atoms with E-state index >= 15 is 0 Å². The van der Waals surface area contributed by atoms with E-state index in [2.05, 4.69) is 65.1 Å². The lowest BCUT2D eigenvalue weighted by molar-refractivity contribution is 0.178. The summed E-state index contributed by atoms with van der Waals surface area (Å²) in [5, 5.41) is 3.21. The summed E-state index contributed by atoms with van der Waals surface area (Å²) < 4.78 is 5.98. The van der Waals surface area contributed by atoms with Gasteiger partial charge in [-0.2, -0.15) is 0 Å². The quantitative estimate of drug-likeness (QED) is 0.869. The Morgan fingerprint density at radius 3 is 2.21 bits per heavy atom. The molecule has 0 aliphatic rings. The molecule has 0 fully saturated rings. The molecule has 0 aliphatic carbocycles. The first-order valence-corrected chi connectivity index (χ1v) is 7.04. The molecule has 1 rings (SSSR count). The highest BCUT2D eigenvalue weighted by Gasteiger charge is 2.19. The molecule has 1 N–H and O–H groups in total. The van der Waals surface area contributed by atoms with Crippen molar-refractivity contribution < 1.29 is 4.74 Å². The van der Waals surface area contributed by atoms with Crippen LogP contribution < -0.4 is 10.1 Å². The van der Waals surface area contributed by atoms with Crippen LogP contribution in [0.25, 0.3) is 0 Å². The maximum Gasteiger partial charge on any atom is 0.122 e. The molecule has 2 nitrogen and oxygen atoms in total. The summed E-state index contributed by atoms with van der Waals surface area (Å²) in [6, 6.07) is 6.51. The number of aryl methyl sites for hydroxylation is 1. The summed E-state index contributed by atoms with van der Waals surface area (Å²) in [4.78, 5) is 0. The highest BCUT2D eigenvalue weighted by Crippen LogP contribution is 2.28. The Morgan fingerprint density at radius 1 is 1.11 bits per heavy atom. The average molecular weight is 263 g/mol. The molecule has 0 saturated heterocycles. The fourth-order valence-electron chi connectivity index (χ4n) is 2.08. The van der Waals surface area contributed by atoms with E-state index in [1.165, 1.54) is 11.1 Å². The van der Waals surface area contributed by atoms with Gasteiger partial charge in [0.15, 0.2) is 0 Å². The molecule has 108 valence electrons. The van der Waals surface area contributed by atoms with Crippen LogP contribution in [-0.2, 0) is 5.41 Å². The van der Waals surface area contributed by atoms with Crippen molar-refractivity contribution in [1.82, 2.24) is 5.32 Å². The number of rotatable bonds is 5. The van der Waals surface area contributed by atoms with Crippen LogP contribution in [-0.4, -0.2) is 20.2 Å². The Morgan fingerprint density at radius 2 is 1.74 bits per heavy atom. The Bertz CT molecular complexity index is 416. The fraction of sp³-hybridized carbons (Fsp3) is 0.647. The van der Waals surface area contributed by atoms with E-state index in [-0.39, 0.29) is 10.8 Å². The van der Waals surface area contributed by atoms with E-state index in [9.17, 15) is 0 Å². The van der Waals surface area contributed by atoms with Crippen LogP contribution in [0.15, 0.2) is 18.2 Å². The van der Waals surface area contributed by atoms with Gasteiger partial charge in [0.25, 0.3) is 0 Å². The molecule has 0 spiro atoms. The van der Waals surface area contributed by atoms with E-state index < -0.39 is 0 Å². The lowest BCUT2D eigenvalue weighted by atomic mass is 9.86. The Hall–Kier alpha value is -1.02. The van der Waals surface area contributed by atoms with Gasteiger partial charge in [-0.3, -0.25) is 0 Å². The van der Waals surface area contributed by atoms with Crippen molar-refractivity contribution in [2.75, 3.05) is 20.2 Å². The molecular formula is C17H29NO. The molecule has 0 aromatic heterocycles. The van der Waals surface area contributed by atoms with Gasteiger partial charge in [-0.05, 0) is 36.6 Å². The van der Waals surface area contributed by atoms with Gasteiger partial charge in [-0.1, -0.05) is 46.8 Å². The Kier molecular flexibility index (Phi) is 5.03. The SMILES string of the molecule is CNCC(C)(C)COc1ccc(C(C)(C)C)cc1C. The lowest BCUT2D eigenvalue weighted by Crippen LogP contribution is -2.32. The highest BCUT2D eigenvalue weighted by molar-refractivity contribution is 5.38. The third-order valence-corrected chi connectivity index (χ3v) is 3.31. The van der Waals surface area contributed by atoms with Gasteiger partial charge in [0.05, 0.1) is 6.61 Å². The summed E-state index contributed by atoms with van der Waals surface area (Å²) in [5.74, 6) is 0.997. The van der Waals surface area contributed by atoms with Gasteiger partial charge in [-0.25, -0.2) is 0 Å². The summed E-state index contributed by atoms with van der Waals surface area (Å²) >= 11 is 0. The van der Waals surface area contributed by atoms with Crippen LogP contribution in [0.2, 0.25) is 0 Å². The molecular weight excluding hydrogens is 234 g/mol. The number of hydrogen-bond acceptors (Lipinski definition) is 2. The van der Waals surface area contributed by atoms with Gasteiger partial charge >= 0.3 is 0 Å². The molecule has 0 radical (unpaired) electrons. The van der Waals surface area contributed by atoms with Crippen molar-refractivity contribution in [3.8, 4) is 5.75 Å². The number of ether oxygens (including phenoxy) is 1. The molecule has 0 unspecified atom stereocenters. The predicted octanol–water partition coefficient (Wildman–Crippen LogP) is 3.92. The second kappa shape index (κ2) is 5.96. The minimum Gasteiger partial charge on any atom is -0.493 e. The standard InChI is InChI=1S/C17H29NO/c1-13-10-14(16(2,3)4)8-9-15(13)19-12-17(5,6)11-18-7/h8-10,18H,11-12H2,1-7H3. The number of benzene rings is 1. The van der Waals surface area contributed by atoms with Gasteiger partial charge in [0.2, 0.25) is 0 Å². The molecule has 2 heteroatoms. The van der Waals surface area contributed by atoms with E-state index in [0.717, 1.165) is 18.9 Å². The molecule has 0 amide bonds. The Balaban J connectivity index is 2.76. The first kappa shape index (κ1) is 16.0. The number of nitrogens with one attached hydrogen (secondary N) is 1. The zero-order chi connectivity index (χ0) is 14.7. The normalized spacial score (nSPS) is 12.6. The van der Waals surface area contributed by atoms with E-state index in [4.69, 9.17) is 4.74 Å². The van der Waals surface area contributed by atoms with Crippen LogP contribution >= 0.6 is 0 Å². The van der Waals surface area contributed by atoms with Crippen molar-refractivity contribution >= 4 is 0 Å². The molecule has 0 atom stereocenters. The van der Waals surface area contributed by atoms with Crippen molar-refractivity contribution in [1.29, 1.82) is 0 Å². The van der Waals surface area contributed by atoms with E-state index in [1.54, 1.807) is 0 Å². The zero-order valence-electron chi connectivity index (χ0n) is 13.6. The first-order chi connectivity index (χ1) is 8.65. The smallest absolute Gasteiger partial charge is 0.122 e. The monoisotopic (exact) mass is 263 g/mol. The van der Waals surface area contributed by atoms with Crippen LogP contribution in [0, 0.1) is 12.3 Å². The number of hydrogen-bond donors (Lipinski definition) is 1. The highest BCUT2D eigenvalue weighted by atomic mass is 16.5. The predicted molar refractivity (Wildman–Crippen MR) is 83.1 cm³/mol. The van der Waals surface area contributed by atoms with Crippen molar-refractivity contribution in [2.24, 2.45) is 5.41 Å². The zero-order valence-corrected chi connectivity index (χ0v) is 13.6. The molecule has 0 heterocycles. The fourth-order valence-corrected chi connectivity index (χ4v) is 2.08. The lowest BCUT2D eigenvalue weighted by Gasteiger charge is -2.25. The van der Waals surface area contributed by atoms with Crippen molar-refractivity contribution in [3.63, 3.8) is 0 Å². The molecule has 1 aromatic carbocycles. The molecule has 0 saturated carbocycles. The van der Waals surface area contributed by atoms with Gasteiger partial charge in [0, 0.05) is 12.0 Å². The van der Waals surface area contributed by atoms with Crippen molar-refractivity contribution in [3.05, 3.63) is 29.3 Å².